The van der Waals surface area contributed by atoms with Crippen LogP contribution in [0.4, 0.5) is 11.5 Å². The molecule has 6 nitrogen and oxygen atoms in total. The summed E-state index contributed by atoms with van der Waals surface area (Å²) in [6.07, 6.45) is 2.08. The van der Waals surface area contributed by atoms with Crippen molar-refractivity contribution in [3.8, 4) is 0 Å². The Labute approximate surface area is 120 Å². The maximum Gasteiger partial charge on any atom is 0.336 e. The zero-order valence-electron chi connectivity index (χ0n) is 11.5. The van der Waals surface area contributed by atoms with Crippen LogP contribution in [0.15, 0.2) is 29.1 Å². The fourth-order valence-corrected chi connectivity index (χ4v) is 2.17. The van der Waals surface area contributed by atoms with Gasteiger partial charge < -0.3 is 15.4 Å². The smallest absolute Gasteiger partial charge is 0.336 e. The molecule has 0 unspecified atom stereocenters. The van der Waals surface area contributed by atoms with E-state index in [1.165, 1.54) is 12.1 Å². The molecule has 1 fully saturated rings. The van der Waals surface area contributed by atoms with Crippen molar-refractivity contribution >= 4 is 17.5 Å². The van der Waals surface area contributed by atoms with Gasteiger partial charge in [-0.05, 0) is 37.5 Å². The lowest BCUT2D eigenvalue weighted by atomic mass is 10.1. The first kappa shape index (κ1) is 13.4. The lowest BCUT2D eigenvalue weighted by Crippen LogP contribution is -2.12. The van der Waals surface area contributed by atoms with Crippen molar-refractivity contribution in [2.45, 2.75) is 25.7 Å². The average Bonchev–Trinajstić information content (AvgIpc) is 3.24. The molecule has 2 aromatic rings. The van der Waals surface area contributed by atoms with Gasteiger partial charge in [-0.1, -0.05) is 6.07 Å². The SMILES string of the molecule is Cc1ccc(Nc2cc(=O)[nH]c(C3CC3)n2)cc1C(=O)O. The molecule has 1 saturated carbocycles. The number of aromatic carboxylic acids is 1. The molecule has 1 aliphatic rings. The summed E-state index contributed by atoms with van der Waals surface area (Å²) >= 11 is 0. The Hall–Kier alpha value is -2.63. The van der Waals surface area contributed by atoms with E-state index in [2.05, 4.69) is 15.3 Å². The molecule has 3 rings (SSSR count). The Morgan fingerprint density at radius 2 is 2.14 bits per heavy atom. The van der Waals surface area contributed by atoms with E-state index in [-0.39, 0.29) is 11.1 Å². The van der Waals surface area contributed by atoms with Crippen molar-refractivity contribution in [1.29, 1.82) is 0 Å². The second-order valence-corrected chi connectivity index (χ2v) is 5.25. The van der Waals surface area contributed by atoms with Crippen LogP contribution >= 0.6 is 0 Å². The van der Waals surface area contributed by atoms with Crippen LogP contribution in [0.25, 0.3) is 0 Å². The average molecular weight is 285 g/mol. The molecule has 3 N–H and O–H groups in total. The molecular formula is C15H15N3O3. The van der Waals surface area contributed by atoms with Gasteiger partial charge in [0.25, 0.3) is 5.56 Å². The Kier molecular flexibility index (Phi) is 3.21. The van der Waals surface area contributed by atoms with E-state index >= 15 is 0 Å². The Morgan fingerprint density at radius 3 is 2.81 bits per heavy atom. The van der Waals surface area contributed by atoms with Gasteiger partial charge in [0.1, 0.15) is 11.6 Å². The standard InChI is InChI=1S/C15H15N3O3/c1-8-2-5-10(6-11(8)15(20)21)16-12-7-13(19)18-14(17-12)9-3-4-9/h2,5-7,9H,3-4H2,1H3,(H,20,21)(H2,16,17,18,19). The summed E-state index contributed by atoms with van der Waals surface area (Å²) in [4.78, 5) is 29.9. The number of aromatic nitrogens is 2. The van der Waals surface area contributed by atoms with Crippen molar-refractivity contribution < 1.29 is 9.90 Å². The largest absolute Gasteiger partial charge is 0.478 e. The van der Waals surface area contributed by atoms with Crippen LogP contribution in [0, 0.1) is 6.92 Å². The van der Waals surface area contributed by atoms with Crippen molar-refractivity contribution in [3.05, 3.63) is 51.6 Å². The number of anilines is 2. The lowest BCUT2D eigenvalue weighted by Gasteiger charge is -2.09. The van der Waals surface area contributed by atoms with Crippen molar-refractivity contribution in [3.63, 3.8) is 0 Å². The molecule has 1 heterocycles. The molecule has 6 heteroatoms. The number of carboxylic acid groups (broad SMARTS) is 1. The molecule has 0 bridgehead atoms. The van der Waals surface area contributed by atoms with Crippen molar-refractivity contribution in [2.24, 2.45) is 0 Å². The van der Waals surface area contributed by atoms with Crippen molar-refractivity contribution in [2.75, 3.05) is 5.32 Å². The third kappa shape index (κ3) is 2.94. The van der Waals surface area contributed by atoms with E-state index in [1.807, 2.05) is 0 Å². The van der Waals surface area contributed by atoms with Gasteiger partial charge in [-0.25, -0.2) is 9.78 Å². The first-order chi connectivity index (χ1) is 10.0. The molecular weight excluding hydrogens is 270 g/mol. The number of H-pyrrole nitrogens is 1. The fourth-order valence-electron chi connectivity index (χ4n) is 2.17. The summed E-state index contributed by atoms with van der Waals surface area (Å²) in [7, 11) is 0. The van der Waals surface area contributed by atoms with Crippen LogP contribution in [0.1, 0.15) is 40.5 Å². The van der Waals surface area contributed by atoms with Crippen molar-refractivity contribution in [1.82, 2.24) is 9.97 Å². The van der Waals surface area contributed by atoms with E-state index in [0.29, 0.717) is 28.8 Å². The summed E-state index contributed by atoms with van der Waals surface area (Å²) < 4.78 is 0. The van der Waals surface area contributed by atoms with Gasteiger partial charge in [-0.2, -0.15) is 0 Å². The maximum absolute atomic E-state index is 11.6. The number of aromatic amines is 1. The number of rotatable bonds is 4. The molecule has 0 spiro atoms. The predicted molar refractivity (Wildman–Crippen MR) is 78.3 cm³/mol. The molecule has 0 aliphatic heterocycles. The molecule has 0 atom stereocenters. The van der Waals surface area contributed by atoms with Gasteiger partial charge >= 0.3 is 5.97 Å². The van der Waals surface area contributed by atoms with Crippen LogP contribution < -0.4 is 10.9 Å². The normalized spacial score (nSPS) is 14.0. The van der Waals surface area contributed by atoms with Crippen LogP contribution in [-0.4, -0.2) is 21.0 Å². The third-order valence-electron chi connectivity index (χ3n) is 3.46. The first-order valence-corrected chi connectivity index (χ1v) is 6.75. The molecule has 0 saturated heterocycles. The Balaban J connectivity index is 1.91. The molecule has 1 aromatic heterocycles. The second-order valence-electron chi connectivity index (χ2n) is 5.25. The number of benzene rings is 1. The summed E-state index contributed by atoms with van der Waals surface area (Å²) in [5, 5.41) is 12.1. The molecule has 1 aromatic carbocycles. The minimum atomic E-state index is -0.978. The zero-order chi connectivity index (χ0) is 15.0. The van der Waals surface area contributed by atoms with Gasteiger partial charge in [-0.3, -0.25) is 4.79 Å². The van der Waals surface area contributed by atoms with Gasteiger partial charge in [0.05, 0.1) is 5.56 Å². The van der Waals surface area contributed by atoms with Gasteiger partial charge in [-0.15, -0.1) is 0 Å². The summed E-state index contributed by atoms with van der Waals surface area (Å²) in [5.41, 5.74) is 1.30. The molecule has 0 amide bonds. The Morgan fingerprint density at radius 1 is 1.38 bits per heavy atom. The Bertz CT molecular complexity index is 763. The molecule has 0 radical (unpaired) electrons. The van der Waals surface area contributed by atoms with E-state index < -0.39 is 5.97 Å². The highest BCUT2D eigenvalue weighted by atomic mass is 16.4. The summed E-state index contributed by atoms with van der Waals surface area (Å²) in [6.45, 7) is 1.74. The predicted octanol–water partition coefficient (Wildman–Crippen LogP) is 2.40. The molecule has 21 heavy (non-hydrogen) atoms. The number of carboxylic acids is 1. The van der Waals surface area contributed by atoms with Gasteiger partial charge in [0.15, 0.2) is 0 Å². The van der Waals surface area contributed by atoms with E-state index in [0.717, 1.165) is 12.8 Å². The van der Waals surface area contributed by atoms with E-state index in [1.54, 1.807) is 19.1 Å². The fraction of sp³-hybridized carbons (Fsp3) is 0.267. The number of nitrogens with one attached hydrogen (secondary N) is 2. The lowest BCUT2D eigenvalue weighted by molar-refractivity contribution is 0.0696. The van der Waals surface area contributed by atoms with Crippen LogP contribution in [-0.2, 0) is 0 Å². The maximum atomic E-state index is 11.6. The van der Waals surface area contributed by atoms with Crippen LogP contribution in [0.2, 0.25) is 0 Å². The third-order valence-corrected chi connectivity index (χ3v) is 3.46. The number of hydrogen-bond donors (Lipinski definition) is 3. The van der Waals surface area contributed by atoms with E-state index in [9.17, 15) is 9.59 Å². The topological polar surface area (TPSA) is 95.1 Å². The highest BCUT2D eigenvalue weighted by Crippen LogP contribution is 2.37. The monoisotopic (exact) mass is 285 g/mol. The minimum absolute atomic E-state index is 0.208. The minimum Gasteiger partial charge on any atom is -0.478 e. The van der Waals surface area contributed by atoms with Gasteiger partial charge in [0.2, 0.25) is 0 Å². The molecule has 1 aliphatic carbocycles. The molecule has 108 valence electrons. The summed E-state index contributed by atoms with van der Waals surface area (Å²) in [6, 6.07) is 6.39. The van der Waals surface area contributed by atoms with E-state index in [4.69, 9.17) is 5.11 Å². The number of carbonyl (C=O) groups is 1. The number of aryl methyl sites for hydroxylation is 1. The quantitative estimate of drug-likeness (QED) is 0.801. The summed E-state index contributed by atoms with van der Waals surface area (Å²) in [5.74, 6) is 0.483. The van der Waals surface area contributed by atoms with Crippen LogP contribution in [0.5, 0.6) is 0 Å². The zero-order valence-corrected chi connectivity index (χ0v) is 11.5. The number of hydrogen-bond acceptors (Lipinski definition) is 4. The highest BCUT2D eigenvalue weighted by molar-refractivity contribution is 5.90. The number of nitrogens with zero attached hydrogens (tertiary/aromatic N) is 1. The van der Waals surface area contributed by atoms with Gasteiger partial charge in [0, 0.05) is 17.7 Å². The highest BCUT2D eigenvalue weighted by Gasteiger charge is 2.26. The second kappa shape index (κ2) is 5.05. The first-order valence-electron chi connectivity index (χ1n) is 6.75. The van der Waals surface area contributed by atoms with Crippen LogP contribution in [0.3, 0.4) is 0 Å².